The van der Waals surface area contributed by atoms with Crippen LogP contribution in [0.25, 0.3) is 16.9 Å². The van der Waals surface area contributed by atoms with Crippen molar-refractivity contribution in [3.8, 4) is 16.9 Å². The Bertz CT molecular complexity index is 1340. The normalized spacial score (nSPS) is 10.8. The summed E-state index contributed by atoms with van der Waals surface area (Å²) in [7, 11) is 0. The molecule has 0 aliphatic carbocycles. The highest BCUT2D eigenvalue weighted by Gasteiger charge is 2.20. The Morgan fingerprint density at radius 2 is 1.58 bits per heavy atom. The molecule has 7 heteroatoms. The quantitative estimate of drug-likeness (QED) is 0.304. The number of thioether (sulfide) groups is 1. The Morgan fingerprint density at radius 1 is 0.818 bits per heavy atom. The van der Waals surface area contributed by atoms with E-state index in [9.17, 15) is 0 Å². The maximum Gasteiger partial charge on any atom is 0.227 e. The van der Waals surface area contributed by atoms with Crippen LogP contribution in [-0.4, -0.2) is 24.7 Å². The molecule has 0 saturated heterocycles. The van der Waals surface area contributed by atoms with E-state index in [1.54, 1.807) is 18.0 Å². The zero-order chi connectivity index (χ0) is 22.5. The largest absolute Gasteiger partial charge is 0.324 e. The molecule has 0 saturated carbocycles. The Labute approximate surface area is 196 Å². The van der Waals surface area contributed by atoms with Gasteiger partial charge in [0.1, 0.15) is 5.03 Å². The smallest absolute Gasteiger partial charge is 0.227 e. The molecule has 0 aliphatic rings. The van der Waals surface area contributed by atoms with E-state index >= 15 is 0 Å². The fourth-order valence-corrected chi connectivity index (χ4v) is 4.52. The van der Waals surface area contributed by atoms with Gasteiger partial charge in [0.15, 0.2) is 0 Å². The van der Waals surface area contributed by atoms with Crippen molar-refractivity contribution in [1.82, 2.24) is 24.7 Å². The highest BCUT2D eigenvalue weighted by atomic mass is 32.2. The van der Waals surface area contributed by atoms with Crippen molar-refractivity contribution in [3.05, 3.63) is 109 Å². The first-order chi connectivity index (χ1) is 16.3. The number of para-hydroxylation sites is 2. The average molecular weight is 451 g/mol. The summed E-state index contributed by atoms with van der Waals surface area (Å²) in [6.45, 7) is 2.08. The van der Waals surface area contributed by atoms with Crippen molar-refractivity contribution in [2.24, 2.45) is 0 Å². The number of hydrogen-bond acceptors (Lipinski definition) is 6. The van der Waals surface area contributed by atoms with Gasteiger partial charge in [0.25, 0.3) is 0 Å². The first-order valence-electron chi connectivity index (χ1n) is 10.6. The molecule has 0 fully saturated rings. The van der Waals surface area contributed by atoms with Crippen molar-refractivity contribution in [2.75, 3.05) is 5.32 Å². The second-order valence-electron chi connectivity index (χ2n) is 7.38. The molecule has 5 rings (SSSR count). The van der Waals surface area contributed by atoms with Gasteiger partial charge in [-0.3, -0.25) is 4.98 Å². The van der Waals surface area contributed by atoms with E-state index in [-0.39, 0.29) is 0 Å². The molecule has 33 heavy (non-hydrogen) atoms. The number of nitrogens with one attached hydrogen (secondary N) is 1. The second kappa shape index (κ2) is 9.67. The minimum atomic E-state index is 0.547. The van der Waals surface area contributed by atoms with Crippen molar-refractivity contribution in [3.63, 3.8) is 0 Å². The third-order valence-electron chi connectivity index (χ3n) is 5.11. The lowest BCUT2D eigenvalue weighted by Gasteiger charge is -2.08. The predicted molar refractivity (Wildman–Crippen MR) is 133 cm³/mol. The maximum atomic E-state index is 4.96. The molecule has 0 radical (unpaired) electrons. The summed E-state index contributed by atoms with van der Waals surface area (Å²) in [5.74, 6) is 1.27. The monoisotopic (exact) mass is 450 g/mol. The number of rotatable bonds is 7. The molecule has 0 spiro atoms. The summed E-state index contributed by atoms with van der Waals surface area (Å²) in [6, 6.07) is 28.0. The topological polar surface area (TPSA) is 68.5 Å². The van der Waals surface area contributed by atoms with Gasteiger partial charge < -0.3 is 5.32 Å². The van der Waals surface area contributed by atoms with E-state index < -0.39 is 0 Å². The van der Waals surface area contributed by atoms with E-state index in [1.165, 1.54) is 0 Å². The van der Waals surface area contributed by atoms with Gasteiger partial charge in [-0.2, -0.15) is 5.10 Å². The fourth-order valence-electron chi connectivity index (χ4n) is 3.53. The Balaban J connectivity index is 1.54. The first kappa shape index (κ1) is 20.9. The van der Waals surface area contributed by atoms with Gasteiger partial charge in [-0.1, -0.05) is 54.2 Å². The van der Waals surface area contributed by atoms with Crippen molar-refractivity contribution in [1.29, 1.82) is 0 Å². The summed E-state index contributed by atoms with van der Waals surface area (Å²) >= 11 is 1.66. The molecule has 0 aliphatic heterocycles. The number of anilines is 2. The second-order valence-corrected chi connectivity index (χ2v) is 8.34. The Morgan fingerprint density at radius 3 is 2.33 bits per heavy atom. The number of aromatic nitrogens is 5. The Hall–Kier alpha value is -3.97. The van der Waals surface area contributed by atoms with Gasteiger partial charge in [-0.15, -0.1) is 0 Å². The van der Waals surface area contributed by atoms with Crippen molar-refractivity contribution < 1.29 is 0 Å². The molecule has 3 aromatic heterocycles. The molecule has 1 N–H and O–H groups in total. The highest BCUT2D eigenvalue weighted by molar-refractivity contribution is 7.98. The molecule has 3 heterocycles. The van der Waals surface area contributed by atoms with E-state index in [1.807, 2.05) is 83.7 Å². The molecule has 0 amide bonds. The third kappa shape index (κ3) is 4.78. The van der Waals surface area contributed by atoms with Gasteiger partial charge in [-0.05, 0) is 49.4 Å². The van der Waals surface area contributed by atoms with Crippen LogP contribution in [0.3, 0.4) is 0 Å². The van der Waals surface area contributed by atoms with Crippen LogP contribution in [-0.2, 0) is 5.75 Å². The van der Waals surface area contributed by atoms with Crippen molar-refractivity contribution in [2.45, 2.75) is 17.7 Å². The van der Waals surface area contributed by atoms with E-state index in [4.69, 9.17) is 10.1 Å². The summed E-state index contributed by atoms with van der Waals surface area (Å²) in [4.78, 5) is 13.7. The molecule has 0 bridgehead atoms. The summed E-state index contributed by atoms with van der Waals surface area (Å²) in [5.41, 5.74) is 5.81. The van der Waals surface area contributed by atoms with Crippen LogP contribution in [0, 0.1) is 6.92 Å². The van der Waals surface area contributed by atoms with Gasteiger partial charge in [-0.25, -0.2) is 14.6 Å². The van der Waals surface area contributed by atoms with Crippen LogP contribution >= 0.6 is 11.8 Å². The third-order valence-corrected chi connectivity index (χ3v) is 6.11. The molecular weight excluding hydrogens is 428 g/mol. The molecule has 5 aromatic rings. The summed E-state index contributed by atoms with van der Waals surface area (Å²) in [5, 5.41) is 9.15. The molecule has 162 valence electrons. The van der Waals surface area contributed by atoms with Gasteiger partial charge in [0.2, 0.25) is 5.95 Å². The molecule has 6 nitrogen and oxygen atoms in total. The lowest BCUT2D eigenvalue weighted by atomic mass is 10.2. The molecule has 0 unspecified atom stereocenters. The van der Waals surface area contributed by atoms with E-state index in [2.05, 4.69) is 34.3 Å². The van der Waals surface area contributed by atoms with Crippen LogP contribution in [0.2, 0.25) is 0 Å². The minimum absolute atomic E-state index is 0.547. The van der Waals surface area contributed by atoms with Crippen LogP contribution in [0.4, 0.5) is 11.6 Å². The minimum Gasteiger partial charge on any atom is -0.324 e. The van der Waals surface area contributed by atoms with Crippen LogP contribution in [0.15, 0.2) is 102 Å². The Kier molecular flexibility index (Phi) is 6.12. The highest BCUT2D eigenvalue weighted by Crippen LogP contribution is 2.35. The molecule has 0 atom stereocenters. The van der Waals surface area contributed by atoms with Gasteiger partial charge >= 0.3 is 0 Å². The fraction of sp³-hybridized carbons (Fsp3) is 0.0769. The molecular formula is C26H22N6S. The average Bonchev–Trinajstić information content (AvgIpc) is 3.21. The number of pyridine rings is 1. The number of nitrogens with zero attached hydrogens (tertiary/aromatic N) is 5. The number of hydrogen-bond donors (Lipinski definition) is 1. The van der Waals surface area contributed by atoms with Crippen LogP contribution in [0.1, 0.15) is 11.4 Å². The zero-order valence-corrected chi connectivity index (χ0v) is 18.9. The van der Waals surface area contributed by atoms with Gasteiger partial charge in [0, 0.05) is 23.8 Å². The lowest BCUT2D eigenvalue weighted by Crippen LogP contribution is -2.00. The maximum absolute atomic E-state index is 4.96. The predicted octanol–water partition coefficient (Wildman–Crippen LogP) is 6.07. The standard InChI is InChI=1S/C26H22N6S/c1-19-24(23-15-17-28-26(30-23)29-20-10-4-2-5-11-20)25(33-18-21-12-8-9-16-27-21)31-32(19)22-13-6-3-7-14-22/h2-17H,18H2,1H3,(H,28,29,30). The summed E-state index contributed by atoms with van der Waals surface area (Å²) in [6.07, 6.45) is 3.59. The van der Waals surface area contributed by atoms with E-state index in [0.29, 0.717) is 5.95 Å². The lowest BCUT2D eigenvalue weighted by molar-refractivity contribution is 0.813. The SMILES string of the molecule is Cc1c(-c2ccnc(Nc3ccccc3)n2)c(SCc2ccccn2)nn1-c1ccccc1. The van der Waals surface area contributed by atoms with Gasteiger partial charge in [0.05, 0.1) is 28.3 Å². The van der Waals surface area contributed by atoms with Crippen LogP contribution in [0.5, 0.6) is 0 Å². The number of benzene rings is 2. The summed E-state index contributed by atoms with van der Waals surface area (Å²) < 4.78 is 1.97. The first-order valence-corrected chi connectivity index (χ1v) is 11.6. The van der Waals surface area contributed by atoms with Crippen LogP contribution < -0.4 is 5.32 Å². The van der Waals surface area contributed by atoms with Crippen molar-refractivity contribution >= 4 is 23.4 Å². The molecule has 2 aromatic carbocycles. The van der Waals surface area contributed by atoms with E-state index in [0.717, 1.165) is 44.8 Å². The zero-order valence-electron chi connectivity index (χ0n) is 18.1.